The average molecular weight is 186 g/mol. The summed E-state index contributed by atoms with van der Waals surface area (Å²) in [6, 6.07) is 5.14. The predicted octanol–water partition coefficient (Wildman–Crippen LogP) is -0.0874. The van der Waals surface area contributed by atoms with Crippen molar-refractivity contribution in [2.45, 2.75) is 5.75 Å². The van der Waals surface area contributed by atoms with Crippen LogP contribution in [-0.2, 0) is 15.6 Å². The van der Waals surface area contributed by atoms with Crippen LogP contribution in [0.2, 0.25) is 0 Å². The number of pyridine rings is 1. The van der Waals surface area contributed by atoms with Crippen LogP contribution in [0.25, 0.3) is 0 Å². The van der Waals surface area contributed by atoms with Gasteiger partial charge in [0.05, 0.1) is 17.3 Å². The molecule has 1 heterocycles. The van der Waals surface area contributed by atoms with Crippen LogP contribution in [0.5, 0.6) is 0 Å². The van der Waals surface area contributed by atoms with Crippen molar-refractivity contribution in [1.29, 1.82) is 0 Å². The maximum Gasteiger partial charge on any atom is 0.168 e. The largest absolute Gasteiger partial charge is 0.318 e. The van der Waals surface area contributed by atoms with Gasteiger partial charge in [0.15, 0.2) is 9.84 Å². The maximum atomic E-state index is 11.0. The lowest BCUT2D eigenvalue weighted by molar-refractivity contribution is 0.595. The number of nitrogens with zero attached hydrogens (tertiary/aromatic N) is 1. The molecule has 0 saturated heterocycles. The maximum absolute atomic E-state index is 11.0. The zero-order chi connectivity index (χ0) is 9.03. The zero-order valence-electron chi connectivity index (χ0n) is 6.47. The van der Waals surface area contributed by atoms with Crippen LogP contribution in [0.4, 0.5) is 0 Å². The fourth-order valence-electron chi connectivity index (χ4n) is 0.768. The lowest BCUT2D eigenvalue weighted by Crippen LogP contribution is -2.16. The van der Waals surface area contributed by atoms with Gasteiger partial charge in [0.2, 0.25) is 0 Å². The van der Waals surface area contributed by atoms with Crippen LogP contribution in [-0.4, -0.2) is 19.3 Å². The van der Waals surface area contributed by atoms with Gasteiger partial charge in [-0.25, -0.2) is 8.42 Å². The van der Waals surface area contributed by atoms with Crippen LogP contribution in [0.15, 0.2) is 24.4 Å². The molecule has 0 radical (unpaired) electrons. The SMILES string of the molecule is NCS(=O)(=O)Cc1ccccn1. The highest BCUT2D eigenvalue weighted by Gasteiger charge is 2.08. The first kappa shape index (κ1) is 9.15. The van der Waals surface area contributed by atoms with E-state index in [1.54, 1.807) is 24.4 Å². The van der Waals surface area contributed by atoms with E-state index in [9.17, 15) is 8.42 Å². The highest BCUT2D eigenvalue weighted by atomic mass is 32.2. The summed E-state index contributed by atoms with van der Waals surface area (Å²) in [5, 5.41) is 0. The molecule has 0 spiro atoms. The fourth-order valence-corrected chi connectivity index (χ4v) is 1.51. The van der Waals surface area contributed by atoms with Gasteiger partial charge in [-0.2, -0.15) is 0 Å². The second-order valence-electron chi connectivity index (χ2n) is 2.38. The van der Waals surface area contributed by atoms with Crippen molar-refractivity contribution in [2.75, 3.05) is 5.88 Å². The molecule has 0 aliphatic heterocycles. The fraction of sp³-hybridized carbons (Fsp3) is 0.286. The summed E-state index contributed by atoms with van der Waals surface area (Å²) in [6.45, 7) is 0. The number of nitrogens with two attached hydrogens (primary N) is 1. The predicted molar refractivity (Wildman–Crippen MR) is 45.9 cm³/mol. The summed E-state index contributed by atoms with van der Waals surface area (Å²) in [6.07, 6.45) is 1.56. The molecule has 66 valence electrons. The summed E-state index contributed by atoms with van der Waals surface area (Å²) in [4.78, 5) is 3.88. The van der Waals surface area contributed by atoms with E-state index in [0.29, 0.717) is 5.69 Å². The van der Waals surface area contributed by atoms with Crippen molar-refractivity contribution in [3.8, 4) is 0 Å². The van der Waals surface area contributed by atoms with E-state index in [4.69, 9.17) is 5.73 Å². The first-order valence-electron chi connectivity index (χ1n) is 3.44. The molecular weight excluding hydrogens is 176 g/mol. The van der Waals surface area contributed by atoms with Gasteiger partial charge in [0, 0.05) is 6.20 Å². The van der Waals surface area contributed by atoms with E-state index in [2.05, 4.69) is 4.98 Å². The third-order valence-electron chi connectivity index (χ3n) is 1.35. The Kier molecular flexibility index (Phi) is 2.78. The van der Waals surface area contributed by atoms with Crippen molar-refractivity contribution in [3.05, 3.63) is 30.1 Å². The molecule has 0 aromatic carbocycles. The van der Waals surface area contributed by atoms with Crippen molar-refractivity contribution >= 4 is 9.84 Å². The summed E-state index contributed by atoms with van der Waals surface area (Å²) >= 11 is 0. The van der Waals surface area contributed by atoms with Crippen LogP contribution < -0.4 is 5.73 Å². The molecule has 0 saturated carbocycles. The highest BCUT2D eigenvalue weighted by Crippen LogP contribution is 2.00. The number of hydrogen-bond acceptors (Lipinski definition) is 4. The molecule has 0 amide bonds. The lowest BCUT2D eigenvalue weighted by atomic mass is 10.4. The Morgan fingerprint density at radius 2 is 2.17 bits per heavy atom. The van der Waals surface area contributed by atoms with Crippen LogP contribution in [0, 0.1) is 0 Å². The highest BCUT2D eigenvalue weighted by molar-refractivity contribution is 7.90. The summed E-state index contributed by atoms with van der Waals surface area (Å²) in [5.74, 6) is -0.409. The molecular formula is C7H10N2O2S. The number of aromatic nitrogens is 1. The van der Waals surface area contributed by atoms with Gasteiger partial charge >= 0.3 is 0 Å². The van der Waals surface area contributed by atoms with Gasteiger partial charge in [0.1, 0.15) is 0 Å². The molecule has 1 aromatic heterocycles. The Bertz CT molecular complexity index is 334. The van der Waals surface area contributed by atoms with E-state index in [1.165, 1.54) is 0 Å². The van der Waals surface area contributed by atoms with Gasteiger partial charge < -0.3 is 5.73 Å². The molecule has 0 bridgehead atoms. The van der Waals surface area contributed by atoms with E-state index >= 15 is 0 Å². The van der Waals surface area contributed by atoms with Crippen molar-refractivity contribution in [2.24, 2.45) is 5.73 Å². The van der Waals surface area contributed by atoms with E-state index in [1.807, 2.05) is 0 Å². The second kappa shape index (κ2) is 3.64. The lowest BCUT2D eigenvalue weighted by Gasteiger charge is -1.98. The monoisotopic (exact) mass is 186 g/mol. The Morgan fingerprint density at radius 1 is 1.42 bits per heavy atom. The minimum absolute atomic E-state index is 0.0790. The van der Waals surface area contributed by atoms with Crippen molar-refractivity contribution < 1.29 is 8.42 Å². The van der Waals surface area contributed by atoms with E-state index in [-0.39, 0.29) is 11.6 Å². The minimum Gasteiger partial charge on any atom is -0.318 e. The van der Waals surface area contributed by atoms with Gasteiger partial charge in [-0.3, -0.25) is 4.98 Å². The molecule has 0 fully saturated rings. The number of hydrogen-bond donors (Lipinski definition) is 1. The third kappa shape index (κ3) is 2.60. The molecule has 1 rings (SSSR count). The van der Waals surface area contributed by atoms with Crippen LogP contribution in [0.3, 0.4) is 0 Å². The van der Waals surface area contributed by atoms with Gasteiger partial charge in [-0.1, -0.05) is 6.07 Å². The summed E-state index contributed by atoms with van der Waals surface area (Å²) in [7, 11) is -3.16. The molecule has 0 unspecified atom stereocenters. The quantitative estimate of drug-likeness (QED) is 0.716. The Balaban J connectivity index is 2.78. The summed E-state index contributed by atoms with van der Waals surface area (Å²) in [5.41, 5.74) is 5.57. The Labute approximate surface area is 71.3 Å². The normalized spacial score (nSPS) is 11.4. The van der Waals surface area contributed by atoms with Crippen LogP contribution in [0.1, 0.15) is 5.69 Å². The smallest absolute Gasteiger partial charge is 0.168 e. The molecule has 0 aliphatic carbocycles. The average Bonchev–Trinajstić information content (AvgIpc) is 2.06. The van der Waals surface area contributed by atoms with E-state index in [0.717, 1.165) is 0 Å². The second-order valence-corrected chi connectivity index (χ2v) is 4.48. The molecule has 5 heteroatoms. The Hall–Kier alpha value is -0.940. The molecule has 12 heavy (non-hydrogen) atoms. The molecule has 4 nitrogen and oxygen atoms in total. The van der Waals surface area contributed by atoms with E-state index < -0.39 is 9.84 Å². The molecule has 2 N–H and O–H groups in total. The first-order chi connectivity index (χ1) is 5.64. The number of sulfone groups is 1. The minimum atomic E-state index is -3.16. The van der Waals surface area contributed by atoms with Gasteiger partial charge in [-0.15, -0.1) is 0 Å². The van der Waals surface area contributed by atoms with Gasteiger partial charge in [-0.05, 0) is 12.1 Å². The molecule has 0 atom stereocenters. The summed E-state index contributed by atoms with van der Waals surface area (Å²) < 4.78 is 22.0. The van der Waals surface area contributed by atoms with Crippen molar-refractivity contribution in [3.63, 3.8) is 0 Å². The molecule has 1 aromatic rings. The Morgan fingerprint density at radius 3 is 2.67 bits per heavy atom. The zero-order valence-corrected chi connectivity index (χ0v) is 7.29. The van der Waals surface area contributed by atoms with Crippen LogP contribution >= 0.6 is 0 Å². The molecule has 0 aliphatic rings. The number of rotatable bonds is 3. The third-order valence-corrected chi connectivity index (χ3v) is 2.59. The van der Waals surface area contributed by atoms with Gasteiger partial charge in [0.25, 0.3) is 0 Å². The topological polar surface area (TPSA) is 73.1 Å². The first-order valence-corrected chi connectivity index (χ1v) is 5.26. The van der Waals surface area contributed by atoms with Crippen molar-refractivity contribution in [1.82, 2.24) is 4.98 Å². The standard InChI is InChI=1S/C7H10N2O2S/c8-6-12(10,11)5-7-3-1-2-4-9-7/h1-4H,5-6,8H2.